The summed E-state index contributed by atoms with van der Waals surface area (Å²) in [6.45, 7) is 2.40. The molecule has 3 saturated carbocycles. The molecule has 5 rings (SSSR count). The van der Waals surface area contributed by atoms with Crippen LogP contribution in [0, 0.1) is 17.3 Å². The molecule has 2 amide bonds. The first-order valence-corrected chi connectivity index (χ1v) is 9.06. The van der Waals surface area contributed by atoms with Crippen LogP contribution in [0.3, 0.4) is 0 Å². The van der Waals surface area contributed by atoms with E-state index in [1.807, 2.05) is 24.3 Å². The van der Waals surface area contributed by atoms with E-state index in [2.05, 4.69) is 22.9 Å². The third-order valence-electron chi connectivity index (χ3n) is 6.40. The van der Waals surface area contributed by atoms with Gasteiger partial charge in [-0.3, -0.25) is 9.59 Å². The molecule has 6 heteroatoms. The number of hydrogen-bond donors (Lipinski definition) is 4. The summed E-state index contributed by atoms with van der Waals surface area (Å²) >= 11 is 0. The second-order valence-electron chi connectivity index (χ2n) is 7.97. The molecule has 4 atom stereocenters. The Morgan fingerprint density at radius 3 is 2.92 bits per heavy atom. The monoisotopic (exact) mass is 343 g/mol. The van der Waals surface area contributed by atoms with Crippen molar-refractivity contribution in [1.82, 2.24) is 10.6 Å². The number of fused-ring (bicyclic) bond motifs is 3. The van der Waals surface area contributed by atoms with Crippen LogP contribution in [0.25, 0.3) is 0 Å². The highest BCUT2D eigenvalue weighted by Gasteiger charge is 2.60. The number of aliphatic hydroxyl groups excluding tert-OH is 1. The zero-order valence-electron chi connectivity index (χ0n) is 14.5. The number of anilines is 1. The summed E-state index contributed by atoms with van der Waals surface area (Å²) in [5.74, 6) is 0.140. The Hall–Kier alpha value is -2.08. The third-order valence-corrected chi connectivity index (χ3v) is 6.40. The van der Waals surface area contributed by atoms with Gasteiger partial charge in [0, 0.05) is 24.1 Å². The lowest BCUT2D eigenvalue weighted by Gasteiger charge is -2.60. The van der Waals surface area contributed by atoms with Gasteiger partial charge in [0.05, 0.1) is 12.2 Å². The molecule has 1 heterocycles. The molecule has 1 aliphatic heterocycles. The maximum atomic E-state index is 12.6. The smallest absolute Gasteiger partial charge is 0.255 e. The summed E-state index contributed by atoms with van der Waals surface area (Å²) in [5, 5.41) is 18.6. The van der Waals surface area contributed by atoms with Crippen molar-refractivity contribution >= 4 is 17.5 Å². The molecule has 1 aromatic carbocycles. The van der Waals surface area contributed by atoms with Gasteiger partial charge in [-0.25, -0.2) is 0 Å². The first-order valence-electron chi connectivity index (χ1n) is 9.06. The second-order valence-corrected chi connectivity index (χ2v) is 7.97. The Balaban J connectivity index is 1.62. The molecular formula is C19H25N3O3. The van der Waals surface area contributed by atoms with Gasteiger partial charge in [0.25, 0.3) is 5.91 Å². The van der Waals surface area contributed by atoms with Gasteiger partial charge < -0.3 is 21.1 Å². The van der Waals surface area contributed by atoms with Crippen LogP contribution >= 0.6 is 0 Å². The minimum Gasteiger partial charge on any atom is -0.395 e. The summed E-state index contributed by atoms with van der Waals surface area (Å²) in [7, 11) is 0. The topological polar surface area (TPSA) is 90.5 Å². The maximum absolute atomic E-state index is 12.6. The fourth-order valence-electron chi connectivity index (χ4n) is 5.16. The highest BCUT2D eigenvalue weighted by molar-refractivity contribution is 6.02. The van der Waals surface area contributed by atoms with Crippen LogP contribution in [-0.2, 0) is 4.79 Å². The SMILES string of the molecule is C[C@@]12CC[C@@H](C[C@H]1C(=O)NCCO)[C@]1(C2)NC(=O)c2ccccc2N1. The molecule has 25 heavy (non-hydrogen) atoms. The largest absolute Gasteiger partial charge is 0.395 e. The van der Waals surface area contributed by atoms with Gasteiger partial charge in [0.1, 0.15) is 5.66 Å². The number of nitrogens with one attached hydrogen (secondary N) is 3. The van der Waals surface area contributed by atoms with Crippen LogP contribution in [0.4, 0.5) is 5.69 Å². The number of aliphatic hydroxyl groups is 1. The van der Waals surface area contributed by atoms with E-state index in [9.17, 15) is 9.59 Å². The van der Waals surface area contributed by atoms with E-state index >= 15 is 0 Å². The summed E-state index contributed by atoms with van der Waals surface area (Å²) in [6, 6.07) is 7.59. The Bertz CT molecular complexity index is 722. The number of para-hydroxylation sites is 1. The number of rotatable bonds is 3. The van der Waals surface area contributed by atoms with E-state index in [1.165, 1.54) is 0 Å². The average molecular weight is 343 g/mol. The van der Waals surface area contributed by atoms with Crippen LogP contribution in [0.2, 0.25) is 0 Å². The van der Waals surface area contributed by atoms with Gasteiger partial charge in [-0.2, -0.15) is 0 Å². The molecule has 3 aliphatic carbocycles. The molecule has 6 nitrogen and oxygen atoms in total. The van der Waals surface area contributed by atoms with Crippen LogP contribution in [0.1, 0.15) is 43.0 Å². The Kier molecular flexibility index (Phi) is 3.76. The molecule has 1 spiro atoms. The molecule has 0 aromatic heterocycles. The number of hydrogen-bond acceptors (Lipinski definition) is 4. The lowest BCUT2D eigenvalue weighted by atomic mass is 9.51. The first kappa shape index (κ1) is 16.4. The van der Waals surface area contributed by atoms with Crippen molar-refractivity contribution in [2.75, 3.05) is 18.5 Å². The Morgan fingerprint density at radius 1 is 1.36 bits per heavy atom. The molecule has 3 fully saturated rings. The van der Waals surface area contributed by atoms with E-state index < -0.39 is 5.66 Å². The van der Waals surface area contributed by atoms with Crippen LogP contribution in [0.5, 0.6) is 0 Å². The van der Waals surface area contributed by atoms with Crippen LogP contribution in [-0.4, -0.2) is 35.7 Å². The lowest BCUT2D eigenvalue weighted by molar-refractivity contribution is -0.139. The van der Waals surface area contributed by atoms with Gasteiger partial charge >= 0.3 is 0 Å². The molecule has 1 aromatic rings. The normalized spacial score (nSPS) is 35.7. The summed E-state index contributed by atoms with van der Waals surface area (Å²) < 4.78 is 0. The molecule has 4 N–H and O–H groups in total. The second kappa shape index (κ2) is 5.73. The Labute approximate surface area is 147 Å². The molecule has 134 valence electrons. The highest BCUT2D eigenvalue weighted by atomic mass is 16.3. The third kappa shape index (κ3) is 2.51. The number of benzene rings is 1. The van der Waals surface area contributed by atoms with Crippen molar-refractivity contribution in [1.29, 1.82) is 0 Å². The van der Waals surface area contributed by atoms with Crippen molar-refractivity contribution in [2.45, 2.75) is 38.3 Å². The van der Waals surface area contributed by atoms with E-state index in [0.29, 0.717) is 12.1 Å². The summed E-state index contributed by atoms with van der Waals surface area (Å²) in [6.07, 6.45) is 3.47. The van der Waals surface area contributed by atoms with Gasteiger partial charge in [-0.15, -0.1) is 0 Å². The average Bonchev–Trinajstić information content (AvgIpc) is 2.59. The minimum atomic E-state index is -0.466. The van der Waals surface area contributed by atoms with Gasteiger partial charge in [0.2, 0.25) is 5.91 Å². The summed E-state index contributed by atoms with van der Waals surface area (Å²) in [4.78, 5) is 25.2. The van der Waals surface area contributed by atoms with Crippen molar-refractivity contribution in [2.24, 2.45) is 17.3 Å². The predicted molar refractivity (Wildman–Crippen MR) is 93.9 cm³/mol. The zero-order valence-corrected chi connectivity index (χ0v) is 14.5. The van der Waals surface area contributed by atoms with Gasteiger partial charge in [-0.1, -0.05) is 19.1 Å². The molecular weight excluding hydrogens is 318 g/mol. The molecule has 2 bridgehead atoms. The lowest BCUT2D eigenvalue weighted by Crippen LogP contribution is -2.70. The quantitative estimate of drug-likeness (QED) is 0.669. The van der Waals surface area contributed by atoms with E-state index in [1.54, 1.807) is 0 Å². The highest BCUT2D eigenvalue weighted by Crippen LogP contribution is 2.58. The molecule has 0 unspecified atom stereocenters. The molecule has 0 radical (unpaired) electrons. The van der Waals surface area contributed by atoms with Crippen molar-refractivity contribution < 1.29 is 14.7 Å². The number of carbonyl (C=O) groups excluding carboxylic acids is 2. The summed E-state index contributed by atoms with van der Waals surface area (Å²) in [5.41, 5.74) is 0.924. The predicted octanol–water partition coefficient (Wildman–Crippen LogP) is 1.47. The maximum Gasteiger partial charge on any atom is 0.255 e. The minimum absolute atomic E-state index is 0.0265. The van der Waals surface area contributed by atoms with E-state index in [-0.39, 0.29) is 35.7 Å². The fourth-order valence-corrected chi connectivity index (χ4v) is 5.16. The van der Waals surface area contributed by atoms with Crippen molar-refractivity contribution in [3.05, 3.63) is 29.8 Å². The first-order chi connectivity index (χ1) is 12.0. The zero-order chi connectivity index (χ0) is 17.7. The van der Waals surface area contributed by atoms with Gasteiger partial charge in [-0.05, 0) is 43.2 Å². The van der Waals surface area contributed by atoms with Gasteiger partial charge in [0.15, 0.2) is 0 Å². The van der Waals surface area contributed by atoms with Crippen molar-refractivity contribution in [3.63, 3.8) is 0 Å². The van der Waals surface area contributed by atoms with Crippen molar-refractivity contribution in [3.8, 4) is 0 Å². The van der Waals surface area contributed by atoms with E-state index in [0.717, 1.165) is 31.4 Å². The van der Waals surface area contributed by atoms with Crippen LogP contribution < -0.4 is 16.0 Å². The fraction of sp³-hybridized carbons (Fsp3) is 0.579. The molecule has 0 saturated heterocycles. The number of amides is 2. The van der Waals surface area contributed by atoms with Crippen LogP contribution in [0.15, 0.2) is 24.3 Å². The van der Waals surface area contributed by atoms with E-state index in [4.69, 9.17) is 5.11 Å². The Morgan fingerprint density at radius 2 is 2.16 bits per heavy atom. The standard InChI is InChI=1S/C19H25N3O3/c1-18-7-6-12(10-14(18)17(25)20-8-9-23)19(11-18)21-15-5-3-2-4-13(15)16(24)22-19/h2-5,12,14,21,23H,6-11H2,1H3,(H,20,25)(H,22,24)/t12-,14-,18-,19-/m0/s1. The number of carbonyl (C=O) groups is 2. The molecule has 4 aliphatic rings.